The van der Waals surface area contributed by atoms with E-state index in [1.807, 2.05) is 39.0 Å². The Hall–Kier alpha value is -3.28. The molecule has 5 rings (SSSR count). The Balaban J connectivity index is 1.38. The van der Waals surface area contributed by atoms with E-state index in [1.54, 1.807) is 4.90 Å². The van der Waals surface area contributed by atoms with Gasteiger partial charge in [0.05, 0.1) is 0 Å². The number of halogens is 4. The predicted molar refractivity (Wildman–Crippen MR) is 192 cm³/mol. The summed E-state index contributed by atoms with van der Waals surface area (Å²) in [5.41, 5.74) is 4.97. The number of anilines is 2. The first-order valence-electron chi connectivity index (χ1n) is 18.2. The molecule has 1 N–H and O–H groups in total. The summed E-state index contributed by atoms with van der Waals surface area (Å²) < 4.78 is 62.0. The number of allylic oxidation sites excluding steroid dienone is 1. The summed E-state index contributed by atoms with van der Waals surface area (Å²) in [6.07, 6.45) is 9.17. The average Bonchev–Trinajstić information content (AvgIpc) is 3.44. The average molecular weight is 663 g/mol. The summed E-state index contributed by atoms with van der Waals surface area (Å²) in [6.45, 7) is 15.9. The summed E-state index contributed by atoms with van der Waals surface area (Å²) in [5, 5.41) is 3.41. The lowest BCUT2D eigenvalue weighted by Crippen LogP contribution is -2.31. The summed E-state index contributed by atoms with van der Waals surface area (Å²) in [4.78, 5) is 1.80. The molecule has 260 valence electrons. The third-order valence-corrected chi connectivity index (χ3v) is 11.2. The molecule has 48 heavy (non-hydrogen) atoms. The second kappa shape index (κ2) is 16.0. The first-order chi connectivity index (χ1) is 22.9. The SMILES string of the molecule is C=C(Nc1cc(F)c(C(CC[C@@H](C)c2ccc(C)cc2F)Cc2cc(F)c(N3CCCCC3)c(F)c2)cc1C)[C@@H](C)C[C@@H]1CCC[C@@H]1C. The highest BCUT2D eigenvalue weighted by Gasteiger charge is 2.27. The zero-order chi connectivity index (χ0) is 34.5. The van der Waals surface area contributed by atoms with Crippen LogP contribution < -0.4 is 10.2 Å². The maximum atomic E-state index is 16.2. The van der Waals surface area contributed by atoms with Crippen molar-refractivity contribution in [2.24, 2.45) is 17.8 Å². The number of rotatable bonds is 13. The van der Waals surface area contributed by atoms with E-state index in [2.05, 4.69) is 25.7 Å². The van der Waals surface area contributed by atoms with E-state index in [4.69, 9.17) is 0 Å². The van der Waals surface area contributed by atoms with Crippen LogP contribution in [0, 0.1) is 54.9 Å². The van der Waals surface area contributed by atoms with Crippen molar-refractivity contribution in [2.75, 3.05) is 23.3 Å². The van der Waals surface area contributed by atoms with Crippen molar-refractivity contribution in [3.8, 4) is 0 Å². The highest BCUT2D eigenvalue weighted by Crippen LogP contribution is 2.39. The van der Waals surface area contributed by atoms with Gasteiger partial charge in [-0.05, 0) is 140 Å². The number of nitrogens with zero attached hydrogens (tertiary/aromatic N) is 1. The Morgan fingerprint density at radius 3 is 2.17 bits per heavy atom. The van der Waals surface area contributed by atoms with Gasteiger partial charge in [0.15, 0.2) is 0 Å². The minimum absolute atomic E-state index is 0.0350. The molecular weight excluding hydrogens is 608 g/mol. The van der Waals surface area contributed by atoms with Gasteiger partial charge in [-0.1, -0.05) is 64.8 Å². The fraction of sp³-hybridized carbons (Fsp3) is 0.524. The van der Waals surface area contributed by atoms with Gasteiger partial charge in [-0.15, -0.1) is 0 Å². The van der Waals surface area contributed by atoms with Crippen LogP contribution in [-0.2, 0) is 6.42 Å². The molecule has 1 aliphatic heterocycles. The van der Waals surface area contributed by atoms with E-state index >= 15 is 13.2 Å². The summed E-state index contributed by atoms with van der Waals surface area (Å²) in [5.74, 6) is -0.550. The van der Waals surface area contributed by atoms with Crippen LogP contribution >= 0.6 is 0 Å². The molecule has 1 saturated heterocycles. The van der Waals surface area contributed by atoms with Crippen molar-refractivity contribution in [3.63, 3.8) is 0 Å². The molecular formula is C42H54F4N2. The molecule has 2 nitrogen and oxygen atoms in total. The van der Waals surface area contributed by atoms with Gasteiger partial charge < -0.3 is 10.2 Å². The van der Waals surface area contributed by atoms with E-state index in [9.17, 15) is 4.39 Å². The number of benzene rings is 3. The van der Waals surface area contributed by atoms with Gasteiger partial charge in [-0.3, -0.25) is 0 Å². The minimum atomic E-state index is -0.573. The fourth-order valence-electron chi connectivity index (χ4n) is 8.06. The molecule has 3 aromatic rings. The van der Waals surface area contributed by atoms with Gasteiger partial charge in [-0.25, -0.2) is 17.6 Å². The zero-order valence-electron chi connectivity index (χ0n) is 29.6. The number of hydrogen-bond acceptors (Lipinski definition) is 2. The molecule has 0 bridgehead atoms. The third-order valence-electron chi connectivity index (χ3n) is 11.2. The second-order valence-electron chi connectivity index (χ2n) is 15.0. The Kier molecular flexibility index (Phi) is 12.0. The van der Waals surface area contributed by atoms with Gasteiger partial charge in [0, 0.05) is 24.5 Å². The van der Waals surface area contributed by atoms with Gasteiger partial charge in [0.2, 0.25) is 0 Å². The summed E-state index contributed by atoms with van der Waals surface area (Å²) in [7, 11) is 0. The lowest BCUT2D eigenvalue weighted by Gasteiger charge is -2.30. The number of piperidine rings is 1. The van der Waals surface area contributed by atoms with Crippen LogP contribution in [0.1, 0.15) is 118 Å². The molecule has 0 aromatic heterocycles. The normalized spacial score (nSPS) is 20.1. The Morgan fingerprint density at radius 1 is 0.833 bits per heavy atom. The monoisotopic (exact) mass is 662 g/mol. The fourth-order valence-corrected chi connectivity index (χ4v) is 8.06. The number of nitrogens with one attached hydrogen (secondary N) is 1. The first kappa shape index (κ1) is 36.0. The molecule has 0 spiro atoms. The molecule has 1 unspecified atom stereocenters. The van der Waals surface area contributed by atoms with Crippen molar-refractivity contribution in [1.82, 2.24) is 0 Å². The predicted octanol–water partition coefficient (Wildman–Crippen LogP) is 12.1. The smallest absolute Gasteiger partial charge is 0.149 e. The maximum Gasteiger partial charge on any atom is 0.149 e. The highest BCUT2D eigenvalue weighted by atomic mass is 19.1. The molecule has 1 saturated carbocycles. The van der Waals surface area contributed by atoms with E-state index in [0.29, 0.717) is 54.2 Å². The van der Waals surface area contributed by atoms with Crippen LogP contribution in [0.5, 0.6) is 0 Å². The van der Waals surface area contributed by atoms with Crippen LogP contribution in [-0.4, -0.2) is 13.1 Å². The van der Waals surface area contributed by atoms with Crippen LogP contribution in [0.25, 0.3) is 0 Å². The molecule has 1 aliphatic carbocycles. The van der Waals surface area contributed by atoms with Gasteiger partial charge >= 0.3 is 0 Å². The van der Waals surface area contributed by atoms with Crippen LogP contribution in [0.15, 0.2) is 54.7 Å². The van der Waals surface area contributed by atoms with Crippen molar-refractivity contribution in [3.05, 3.63) is 106 Å². The standard InChI is InChI=1S/C42H54F4N2/c1-26-13-16-35(37(43)19-26)28(3)14-15-34(22-32-23-39(45)42(40(46)24-32)48-17-8-7-9-18-48)36-21-30(5)41(25-38(36)44)47-31(6)29(4)20-33-12-10-11-27(33)2/h13,16,19,21,23-25,27-29,33-34,47H,6-12,14-15,17-18,20,22H2,1-5H3/t27-,28+,29-,33-,34?/m0/s1. The molecule has 2 aliphatic rings. The zero-order valence-corrected chi connectivity index (χ0v) is 29.6. The van der Waals surface area contributed by atoms with E-state index in [0.717, 1.165) is 48.4 Å². The van der Waals surface area contributed by atoms with Gasteiger partial charge in [0.25, 0.3) is 0 Å². The molecule has 5 atom stereocenters. The molecule has 6 heteroatoms. The van der Waals surface area contributed by atoms with E-state index in [1.165, 1.54) is 43.5 Å². The second-order valence-corrected chi connectivity index (χ2v) is 15.0. The Labute approximate surface area is 286 Å². The minimum Gasteiger partial charge on any atom is -0.367 e. The molecule has 3 aromatic carbocycles. The number of aryl methyl sites for hydroxylation is 2. The maximum absolute atomic E-state index is 16.2. The summed E-state index contributed by atoms with van der Waals surface area (Å²) in [6, 6.07) is 11.5. The highest BCUT2D eigenvalue weighted by molar-refractivity contribution is 5.57. The van der Waals surface area contributed by atoms with E-state index < -0.39 is 11.6 Å². The lowest BCUT2D eigenvalue weighted by molar-refractivity contribution is 0.352. The van der Waals surface area contributed by atoms with Crippen molar-refractivity contribution >= 4 is 11.4 Å². The molecule has 1 heterocycles. The molecule has 0 radical (unpaired) electrons. The molecule has 2 fully saturated rings. The van der Waals surface area contributed by atoms with Crippen molar-refractivity contribution in [2.45, 2.75) is 111 Å². The number of hydrogen-bond donors (Lipinski definition) is 1. The Morgan fingerprint density at radius 2 is 1.52 bits per heavy atom. The van der Waals surface area contributed by atoms with Crippen LogP contribution in [0.4, 0.5) is 28.9 Å². The van der Waals surface area contributed by atoms with Gasteiger partial charge in [-0.2, -0.15) is 0 Å². The molecule has 0 amide bonds. The topological polar surface area (TPSA) is 15.3 Å². The third kappa shape index (κ3) is 8.65. The lowest BCUT2D eigenvalue weighted by atomic mass is 9.83. The summed E-state index contributed by atoms with van der Waals surface area (Å²) >= 11 is 0. The van der Waals surface area contributed by atoms with Crippen molar-refractivity contribution < 1.29 is 17.6 Å². The quantitative estimate of drug-likeness (QED) is 0.183. The van der Waals surface area contributed by atoms with Gasteiger partial charge in [0.1, 0.15) is 29.0 Å². The van der Waals surface area contributed by atoms with E-state index in [-0.39, 0.29) is 41.5 Å². The van der Waals surface area contributed by atoms with Crippen molar-refractivity contribution in [1.29, 1.82) is 0 Å². The first-order valence-corrected chi connectivity index (χ1v) is 18.2. The van der Waals surface area contributed by atoms with Crippen LogP contribution in [0.3, 0.4) is 0 Å². The van der Waals surface area contributed by atoms with Crippen LogP contribution in [0.2, 0.25) is 0 Å². The Bertz CT molecular complexity index is 1550. The largest absolute Gasteiger partial charge is 0.367 e.